The van der Waals surface area contributed by atoms with Crippen LogP contribution in [0.25, 0.3) is 0 Å². The average Bonchev–Trinajstić information content (AvgIpc) is 3.69. The van der Waals surface area contributed by atoms with Crippen molar-refractivity contribution in [3.8, 4) is 11.5 Å². The smallest absolute Gasteiger partial charge is 0.387 e. The molecule has 3 aromatic rings. The summed E-state index contributed by atoms with van der Waals surface area (Å²) in [6.45, 7) is -2.28. The summed E-state index contributed by atoms with van der Waals surface area (Å²) in [7, 11) is 0. The molecule has 0 bridgehead atoms. The highest BCUT2D eigenvalue weighted by Crippen LogP contribution is 2.38. The first-order valence-corrected chi connectivity index (χ1v) is 15.5. The lowest BCUT2D eigenvalue weighted by Gasteiger charge is -2.26. The quantitative estimate of drug-likeness (QED) is 0.162. The van der Waals surface area contributed by atoms with Gasteiger partial charge in [-0.25, -0.2) is 4.79 Å². The second-order valence-electron chi connectivity index (χ2n) is 10.2. The van der Waals surface area contributed by atoms with Gasteiger partial charge in [0, 0.05) is 37.0 Å². The fourth-order valence-corrected chi connectivity index (χ4v) is 6.30. The minimum absolute atomic E-state index is 0.0364. The topological polar surface area (TPSA) is 131 Å². The first kappa shape index (κ1) is 32.0. The second kappa shape index (κ2) is 14.1. The number of hydrogen-bond acceptors (Lipinski definition) is 9. The molecule has 2 N–H and O–H groups in total. The van der Waals surface area contributed by atoms with E-state index in [1.165, 1.54) is 41.1 Å². The molecule has 3 heterocycles. The van der Waals surface area contributed by atoms with Crippen molar-refractivity contribution >= 4 is 46.8 Å². The molecule has 2 atom stereocenters. The molecule has 234 valence electrons. The molecule has 2 aliphatic rings. The van der Waals surface area contributed by atoms with Crippen LogP contribution in [0, 0.1) is 11.1 Å². The molecule has 5 rings (SSSR count). The van der Waals surface area contributed by atoms with Crippen LogP contribution in [0.4, 0.5) is 8.78 Å². The number of nitrogens with two attached hydrogens (primary N) is 1. The Labute approximate surface area is 265 Å². The van der Waals surface area contributed by atoms with Crippen molar-refractivity contribution in [2.24, 2.45) is 11.7 Å². The normalized spacial score (nSPS) is 17.0. The van der Waals surface area contributed by atoms with Crippen LogP contribution in [0.15, 0.2) is 48.9 Å². The van der Waals surface area contributed by atoms with Crippen LogP contribution >= 0.6 is 35.0 Å². The van der Waals surface area contributed by atoms with E-state index in [0.29, 0.717) is 39.7 Å². The van der Waals surface area contributed by atoms with Crippen molar-refractivity contribution in [2.75, 3.05) is 18.9 Å². The molecule has 1 saturated heterocycles. The second-order valence-corrected chi connectivity index (χ2v) is 12.2. The maximum atomic E-state index is 13.7. The van der Waals surface area contributed by atoms with Crippen molar-refractivity contribution in [3.05, 3.63) is 86.6 Å². The minimum Gasteiger partial charge on any atom is -0.619 e. The summed E-state index contributed by atoms with van der Waals surface area (Å²) >= 11 is 13.9. The number of carbonyl (C=O) groups excluding carboxylic acids is 2. The summed E-state index contributed by atoms with van der Waals surface area (Å²) in [4.78, 5) is 32.5. The average molecular weight is 670 g/mol. The number of hydrogen-bond donors (Lipinski definition) is 1. The Balaban J connectivity index is 1.45. The summed E-state index contributed by atoms with van der Waals surface area (Å²) < 4.78 is 43.2. The predicted octanol–water partition coefficient (Wildman–Crippen LogP) is 4.91. The van der Waals surface area contributed by atoms with Crippen LogP contribution in [0.1, 0.15) is 46.1 Å². The maximum absolute atomic E-state index is 13.7. The third-order valence-corrected chi connectivity index (χ3v) is 8.90. The molecule has 1 aromatic carbocycles. The number of aromatic nitrogens is 2. The molecule has 2 aromatic heterocycles. The van der Waals surface area contributed by atoms with Crippen molar-refractivity contribution in [1.29, 1.82) is 0 Å². The fourth-order valence-electron chi connectivity index (χ4n) is 4.60. The molecule has 1 amide bonds. The summed E-state index contributed by atoms with van der Waals surface area (Å²) in [6, 6.07) is 7.50. The third-order valence-electron chi connectivity index (χ3n) is 7.07. The highest BCUT2D eigenvalue weighted by molar-refractivity contribution is 8.00. The molecule has 1 aliphatic heterocycles. The van der Waals surface area contributed by atoms with E-state index >= 15 is 0 Å². The van der Waals surface area contributed by atoms with Crippen LogP contribution < -0.4 is 19.9 Å². The Morgan fingerprint density at radius 3 is 2.59 bits per heavy atom. The number of amides is 1. The highest BCUT2D eigenvalue weighted by atomic mass is 35.5. The van der Waals surface area contributed by atoms with Gasteiger partial charge in [0.25, 0.3) is 5.91 Å². The minimum atomic E-state index is -3.08. The lowest BCUT2D eigenvalue weighted by Crippen LogP contribution is -2.41. The van der Waals surface area contributed by atoms with Crippen molar-refractivity contribution in [1.82, 2.24) is 9.88 Å². The van der Waals surface area contributed by atoms with Gasteiger partial charge >= 0.3 is 12.6 Å². The number of esters is 1. The van der Waals surface area contributed by atoms with E-state index < -0.39 is 30.0 Å². The highest BCUT2D eigenvalue weighted by Gasteiger charge is 2.39. The van der Waals surface area contributed by atoms with Gasteiger partial charge in [-0.2, -0.15) is 13.5 Å². The zero-order valence-corrected chi connectivity index (χ0v) is 25.5. The number of pyridine rings is 2. The lowest BCUT2D eigenvalue weighted by atomic mass is 10.0. The Hall–Kier alpha value is -3.39. The van der Waals surface area contributed by atoms with E-state index in [2.05, 4.69) is 9.72 Å². The summed E-state index contributed by atoms with van der Waals surface area (Å²) in [6.07, 6.45) is 4.49. The lowest BCUT2D eigenvalue weighted by molar-refractivity contribution is -0.605. The van der Waals surface area contributed by atoms with Crippen LogP contribution in [-0.4, -0.2) is 52.7 Å². The van der Waals surface area contributed by atoms with E-state index in [-0.39, 0.29) is 46.7 Å². The molecule has 1 aliphatic carbocycles. The van der Waals surface area contributed by atoms with Gasteiger partial charge < -0.3 is 30.1 Å². The zero-order chi connectivity index (χ0) is 31.4. The van der Waals surface area contributed by atoms with Gasteiger partial charge in [-0.3, -0.25) is 9.78 Å². The van der Waals surface area contributed by atoms with Gasteiger partial charge in [0.2, 0.25) is 0 Å². The number of halogens is 4. The fraction of sp³-hybridized carbons (Fsp3) is 0.379. The van der Waals surface area contributed by atoms with Crippen molar-refractivity contribution in [2.45, 2.75) is 43.9 Å². The predicted molar refractivity (Wildman–Crippen MR) is 159 cm³/mol. The molecular formula is C29H28Cl2F2N4O6S. The van der Waals surface area contributed by atoms with Gasteiger partial charge in [-0.1, -0.05) is 29.3 Å². The van der Waals surface area contributed by atoms with Gasteiger partial charge in [-0.15, -0.1) is 11.8 Å². The van der Waals surface area contributed by atoms with Crippen LogP contribution in [0.3, 0.4) is 0 Å². The molecule has 2 unspecified atom stereocenters. The Morgan fingerprint density at radius 2 is 1.91 bits per heavy atom. The van der Waals surface area contributed by atoms with E-state index in [0.717, 1.165) is 25.2 Å². The molecule has 10 nitrogen and oxygen atoms in total. The van der Waals surface area contributed by atoms with Crippen LogP contribution in [0.2, 0.25) is 10.0 Å². The third kappa shape index (κ3) is 7.81. The number of thioether (sulfide) groups is 1. The number of alkyl halides is 2. The SMILES string of the molecule is NCc1ccnc(C(=O)N2CCSC2C(=O)OC(Cc2c(Cl)c[n+]([O-])cc2Cl)c2ccc(OC(F)F)c(OCC3CC3)c2)c1. The van der Waals surface area contributed by atoms with E-state index in [1.54, 1.807) is 12.1 Å². The molecule has 1 saturated carbocycles. The van der Waals surface area contributed by atoms with E-state index in [9.17, 15) is 23.6 Å². The molecule has 44 heavy (non-hydrogen) atoms. The van der Waals surface area contributed by atoms with E-state index in [1.807, 2.05) is 0 Å². The number of rotatable bonds is 12. The Bertz CT molecular complexity index is 1510. The van der Waals surface area contributed by atoms with Crippen molar-refractivity contribution < 1.29 is 37.3 Å². The summed E-state index contributed by atoms with van der Waals surface area (Å²) in [5, 5.41) is 10.9. The largest absolute Gasteiger partial charge is 0.619 e. The van der Waals surface area contributed by atoms with Gasteiger partial charge in [0.05, 0.1) is 6.61 Å². The number of carbonyl (C=O) groups is 2. The number of ether oxygens (including phenoxy) is 3. The zero-order valence-electron chi connectivity index (χ0n) is 23.2. The molecule has 0 radical (unpaired) electrons. The summed E-state index contributed by atoms with van der Waals surface area (Å²) in [5.41, 5.74) is 7.26. The first-order chi connectivity index (χ1) is 21.1. The summed E-state index contributed by atoms with van der Waals surface area (Å²) in [5.74, 6) is -0.510. The number of nitrogens with zero attached hydrogens (tertiary/aromatic N) is 3. The molecule has 15 heteroatoms. The number of benzene rings is 1. The molecule has 0 spiro atoms. The first-order valence-electron chi connectivity index (χ1n) is 13.7. The van der Waals surface area contributed by atoms with Crippen LogP contribution in [0.5, 0.6) is 11.5 Å². The van der Waals surface area contributed by atoms with Gasteiger partial charge in [0.1, 0.15) is 21.8 Å². The molecule has 2 fully saturated rings. The Kier molecular flexibility index (Phi) is 10.3. The maximum Gasteiger partial charge on any atom is 0.387 e. The monoisotopic (exact) mass is 668 g/mol. The Morgan fingerprint density at radius 1 is 1.16 bits per heavy atom. The van der Waals surface area contributed by atoms with Gasteiger partial charge in [-0.05, 0) is 54.2 Å². The standard InChI is InChI=1S/C29H28Cl2F2N4O6S/c30-20-13-36(40)14-21(31)19(20)11-24(18-3-4-23(43-29(32)33)25(10-18)41-15-16-1-2-16)42-28(39)27-37(7-8-44-27)26(38)22-9-17(12-34)5-6-35-22/h3-6,9-10,13-14,16,24,27,29H,1-2,7-8,11-12,15,34H2. The van der Waals surface area contributed by atoms with Gasteiger partial charge in [0.15, 0.2) is 29.3 Å². The molecular weight excluding hydrogens is 641 g/mol. The van der Waals surface area contributed by atoms with E-state index in [4.69, 9.17) is 38.4 Å². The van der Waals surface area contributed by atoms with Crippen LogP contribution in [-0.2, 0) is 22.5 Å². The van der Waals surface area contributed by atoms with Crippen molar-refractivity contribution in [3.63, 3.8) is 0 Å².